The lowest BCUT2D eigenvalue weighted by molar-refractivity contribution is -0.707. The first kappa shape index (κ1) is 36.8. The number of carbonyl (C=O) groups excluding carboxylic acids is 2. The number of halogens is 3. The van der Waals surface area contributed by atoms with Crippen LogP contribution in [0.15, 0.2) is 64.8 Å². The Hall–Kier alpha value is -4.67. The Morgan fingerprint density at radius 3 is 2.28 bits per heavy atom. The van der Waals surface area contributed by atoms with Gasteiger partial charge in [0.15, 0.2) is 5.69 Å². The molecule has 1 amide bonds. The lowest BCUT2D eigenvalue weighted by atomic mass is 9.97. The number of aromatic nitrogens is 2. The average molecular weight is 683 g/mol. The third-order valence-electron chi connectivity index (χ3n) is 6.57. The molecule has 47 heavy (non-hydrogen) atoms. The van der Waals surface area contributed by atoms with Gasteiger partial charge in [-0.15, -0.1) is 5.01 Å². The van der Waals surface area contributed by atoms with Crippen molar-refractivity contribution in [2.45, 2.75) is 71.2 Å². The first-order valence-corrected chi connectivity index (χ1v) is 15.9. The molecule has 1 heterocycles. The summed E-state index contributed by atoms with van der Waals surface area (Å²) in [6, 6.07) is 12.6. The van der Waals surface area contributed by atoms with Crippen LogP contribution in [0.1, 0.15) is 58.2 Å². The minimum atomic E-state index is -4.70. The van der Waals surface area contributed by atoms with Crippen molar-refractivity contribution >= 4 is 21.9 Å². The number of alkyl halides is 3. The summed E-state index contributed by atoms with van der Waals surface area (Å²) in [5.41, 5.74) is -0.142. The lowest BCUT2D eigenvalue weighted by Gasteiger charge is -2.19. The van der Waals surface area contributed by atoms with Crippen LogP contribution in [-0.4, -0.2) is 59.9 Å². The number of hydrogen-bond acceptors (Lipinski definition) is 9. The molecule has 3 aromatic rings. The summed E-state index contributed by atoms with van der Waals surface area (Å²) in [5, 5.41) is 20.2. The molecule has 13 nitrogen and oxygen atoms in total. The highest BCUT2D eigenvalue weighted by Crippen LogP contribution is 2.33. The van der Waals surface area contributed by atoms with Gasteiger partial charge in [0, 0.05) is 18.9 Å². The molecule has 0 spiro atoms. The molecule has 0 bridgehead atoms. The van der Waals surface area contributed by atoms with Crippen LogP contribution in [0.2, 0.25) is 0 Å². The number of sulfonamides is 1. The summed E-state index contributed by atoms with van der Waals surface area (Å²) in [7, 11) is -2.88. The maximum atomic E-state index is 13.5. The molecule has 0 aliphatic heterocycles. The summed E-state index contributed by atoms with van der Waals surface area (Å²) in [6.45, 7) is 8.36. The van der Waals surface area contributed by atoms with Gasteiger partial charge >= 0.3 is 12.1 Å². The van der Waals surface area contributed by atoms with E-state index in [2.05, 4.69) is 10.4 Å². The molecule has 1 unspecified atom stereocenters. The number of benzene rings is 2. The number of ether oxygens (including phenoxy) is 1. The van der Waals surface area contributed by atoms with E-state index >= 15 is 0 Å². The molecule has 3 rings (SSSR count). The number of hydrazine groups is 1. The summed E-state index contributed by atoms with van der Waals surface area (Å²) in [5.74, 6) is -1.32. The Kier molecular flexibility index (Phi) is 11.6. The molecule has 1 atom stereocenters. The van der Waals surface area contributed by atoms with E-state index in [9.17, 15) is 36.4 Å². The Bertz CT molecular complexity index is 1680. The number of amides is 1. The van der Waals surface area contributed by atoms with Crippen molar-refractivity contribution in [1.29, 1.82) is 0 Å². The van der Waals surface area contributed by atoms with Crippen molar-refractivity contribution in [2.75, 3.05) is 13.6 Å². The van der Waals surface area contributed by atoms with Gasteiger partial charge in [0.25, 0.3) is 16.3 Å². The normalized spacial score (nSPS) is 13.2. The summed E-state index contributed by atoms with van der Waals surface area (Å²) < 4.78 is 74.2. The second-order valence-electron chi connectivity index (χ2n) is 11.7. The van der Waals surface area contributed by atoms with Crippen LogP contribution in [0.4, 0.5) is 13.2 Å². The van der Waals surface area contributed by atoms with Crippen molar-refractivity contribution in [1.82, 2.24) is 19.5 Å². The highest BCUT2D eigenvalue weighted by Gasteiger charge is 2.35. The van der Waals surface area contributed by atoms with Crippen LogP contribution in [-0.2, 0) is 35.4 Å². The summed E-state index contributed by atoms with van der Waals surface area (Å²) >= 11 is 0. The van der Waals surface area contributed by atoms with Crippen LogP contribution in [0, 0.1) is 17.5 Å². The Morgan fingerprint density at radius 2 is 1.70 bits per heavy atom. The van der Waals surface area contributed by atoms with E-state index in [1.54, 1.807) is 45.0 Å². The molecule has 0 fully saturated rings. The van der Waals surface area contributed by atoms with Crippen LogP contribution in [0.25, 0.3) is 16.9 Å². The number of nitrogens with zero attached hydrogens (tertiary/aromatic N) is 5. The van der Waals surface area contributed by atoms with E-state index < -0.39 is 45.5 Å². The SMILES string of the molecule is Cc1ccc(-c2cc(C(F)(F)F)nn2-c2ccc(S(=O)(=O)NC(=O)CCCCN(C)[N+]([O-])=NOC(C)OC(=O)C(C)(C)C)cc2)cc1. The Balaban J connectivity index is 1.56. The standard InChI is InChI=1S/C30H37F3N6O7S/c1-20-10-12-22(13-11-20)25-19-26(30(31,32)33)34-38(25)23-14-16-24(17-15-23)47(43,44)35-27(40)9-7-8-18-37(6)39(42)36-46-21(2)45-28(41)29(3,4)5/h10-17,19,21H,7-9,18H2,1-6H3,(H,35,40). The average Bonchev–Trinajstić information content (AvgIpc) is 3.44. The van der Waals surface area contributed by atoms with Crippen LogP contribution in [0.3, 0.4) is 0 Å². The molecular weight excluding hydrogens is 645 g/mol. The van der Waals surface area contributed by atoms with Gasteiger partial charge in [0.1, 0.15) is 0 Å². The zero-order chi connectivity index (χ0) is 35.2. The lowest BCUT2D eigenvalue weighted by Crippen LogP contribution is -2.31. The third-order valence-corrected chi connectivity index (χ3v) is 7.95. The maximum Gasteiger partial charge on any atom is 0.435 e. The number of carbonyl (C=O) groups is 2. The zero-order valence-electron chi connectivity index (χ0n) is 26.7. The molecule has 0 aliphatic carbocycles. The first-order chi connectivity index (χ1) is 21.8. The van der Waals surface area contributed by atoms with Crippen LogP contribution < -0.4 is 4.72 Å². The van der Waals surface area contributed by atoms with E-state index in [0.29, 0.717) is 12.0 Å². The van der Waals surface area contributed by atoms with Gasteiger partial charge < -0.3 is 9.94 Å². The number of rotatable bonds is 13. The number of hydrogen-bond donors (Lipinski definition) is 1. The second kappa shape index (κ2) is 14.8. The minimum Gasteiger partial charge on any atom is -0.569 e. The fraction of sp³-hybridized carbons (Fsp3) is 0.433. The van der Waals surface area contributed by atoms with Gasteiger partial charge in [0.05, 0.1) is 40.3 Å². The Morgan fingerprint density at radius 1 is 1.09 bits per heavy atom. The monoisotopic (exact) mass is 682 g/mol. The van der Waals surface area contributed by atoms with Gasteiger partial charge in [-0.05, 0) is 70.9 Å². The molecule has 1 aromatic heterocycles. The molecular formula is C30H37F3N6O7S. The molecule has 256 valence electrons. The number of unbranched alkanes of at least 4 members (excludes halogenated alkanes) is 1. The van der Waals surface area contributed by atoms with Crippen LogP contribution >= 0.6 is 0 Å². The summed E-state index contributed by atoms with van der Waals surface area (Å²) in [4.78, 5) is 29.0. The predicted molar refractivity (Wildman–Crippen MR) is 163 cm³/mol. The van der Waals surface area contributed by atoms with Gasteiger partial charge in [-0.3, -0.25) is 14.4 Å². The quantitative estimate of drug-likeness (QED) is 0.0612. The second-order valence-corrected chi connectivity index (χ2v) is 13.4. The predicted octanol–water partition coefficient (Wildman–Crippen LogP) is 5.52. The Labute approximate surface area is 270 Å². The smallest absolute Gasteiger partial charge is 0.435 e. The van der Waals surface area contributed by atoms with Crippen molar-refractivity contribution in [3.05, 3.63) is 71.1 Å². The van der Waals surface area contributed by atoms with Gasteiger partial charge in [0.2, 0.25) is 11.2 Å². The van der Waals surface area contributed by atoms with E-state index in [1.165, 1.54) is 26.1 Å². The molecule has 0 saturated carbocycles. The number of nitrogens with one attached hydrogen (secondary N) is 1. The summed E-state index contributed by atoms with van der Waals surface area (Å²) in [6.07, 6.45) is -5.44. The number of esters is 1. The van der Waals surface area contributed by atoms with E-state index in [0.717, 1.165) is 33.5 Å². The van der Waals surface area contributed by atoms with Crippen molar-refractivity contribution in [2.24, 2.45) is 10.7 Å². The topological polar surface area (TPSA) is 158 Å². The van der Waals surface area contributed by atoms with Gasteiger partial charge in [-0.25, -0.2) is 17.8 Å². The van der Waals surface area contributed by atoms with E-state index in [4.69, 9.17) is 9.57 Å². The largest absolute Gasteiger partial charge is 0.569 e. The van der Waals surface area contributed by atoms with Gasteiger partial charge in [-0.1, -0.05) is 29.8 Å². The fourth-order valence-electron chi connectivity index (χ4n) is 3.90. The molecule has 17 heteroatoms. The molecule has 0 radical (unpaired) electrons. The molecule has 0 saturated heterocycles. The van der Waals surface area contributed by atoms with Gasteiger partial charge in [-0.2, -0.15) is 18.3 Å². The molecule has 1 N–H and O–H groups in total. The molecule has 2 aromatic carbocycles. The zero-order valence-corrected chi connectivity index (χ0v) is 27.6. The molecule has 0 aliphatic rings. The highest BCUT2D eigenvalue weighted by atomic mass is 32.2. The number of aryl methyl sites for hydroxylation is 1. The van der Waals surface area contributed by atoms with Crippen molar-refractivity contribution in [3.63, 3.8) is 0 Å². The highest BCUT2D eigenvalue weighted by molar-refractivity contribution is 7.90. The first-order valence-electron chi connectivity index (χ1n) is 14.4. The van der Waals surface area contributed by atoms with E-state index in [-0.39, 0.29) is 40.6 Å². The van der Waals surface area contributed by atoms with Crippen molar-refractivity contribution in [3.8, 4) is 16.9 Å². The minimum absolute atomic E-state index is 0.141. The van der Waals surface area contributed by atoms with Crippen LogP contribution in [0.5, 0.6) is 0 Å². The fourth-order valence-corrected chi connectivity index (χ4v) is 4.92. The van der Waals surface area contributed by atoms with Crippen molar-refractivity contribution < 1.29 is 45.7 Å². The third kappa shape index (κ3) is 10.4. The van der Waals surface area contributed by atoms with E-state index in [1.807, 2.05) is 11.6 Å². The maximum absolute atomic E-state index is 13.5.